The molecule has 1 heterocycles. The molecule has 1 aromatic rings. The van der Waals surface area contributed by atoms with E-state index in [1.54, 1.807) is 16.4 Å². The first-order valence-corrected chi connectivity index (χ1v) is 10.9. The van der Waals surface area contributed by atoms with Crippen molar-refractivity contribution in [2.24, 2.45) is 11.7 Å². The van der Waals surface area contributed by atoms with Crippen molar-refractivity contribution >= 4 is 15.9 Å². The van der Waals surface area contributed by atoms with Gasteiger partial charge >= 0.3 is 0 Å². The Balaban J connectivity index is 1.78. The van der Waals surface area contributed by atoms with E-state index in [9.17, 15) is 13.2 Å². The van der Waals surface area contributed by atoms with Crippen LogP contribution in [0.3, 0.4) is 0 Å². The van der Waals surface area contributed by atoms with Gasteiger partial charge in [0.05, 0.1) is 4.90 Å². The Labute approximate surface area is 156 Å². The van der Waals surface area contributed by atoms with Gasteiger partial charge in [-0.1, -0.05) is 12.5 Å². The summed E-state index contributed by atoms with van der Waals surface area (Å²) in [6.45, 7) is 4.71. The number of benzene rings is 1. The molecule has 1 saturated heterocycles. The smallest absolute Gasteiger partial charge is 0.251 e. The molecule has 0 bridgehead atoms. The lowest BCUT2D eigenvalue weighted by Gasteiger charge is -2.32. The van der Waals surface area contributed by atoms with Crippen LogP contribution in [0.5, 0.6) is 0 Å². The van der Waals surface area contributed by atoms with E-state index in [2.05, 4.69) is 5.32 Å². The van der Waals surface area contributed by atoms with Crippen molar-refractivity contribution in [2.45, 2.75) is 62.9 Å². The third kappa shape index (κ3) is 4.10. The minimum Gasteiger partial charge on any atom is -0.350 e. The second-order valence-electron chi connectivity index (χ2n) is 7.65. The third-order valence-corrected chi connectivity index (χ3v) is 7.54. The van der Waals surface area contributed by atoms with Crippen LogP contribution in [0.2, 0.25) is 0 Å². The molecule has 1 aliphatic carbocycles. The maximum atomic E-state index is 13.0. The zero-order valence-corrected chi connectivity index (χ0v) is 16.4. The highest BCUT2D eigenvalue weighted by molar-refractivity contribution is 7.89. The van der Waals surface area contributed by atoms with Crippen LogP contribution in [0.4, 0.5) is 0 Å². The first-order chi connectivity index (χ1) is 12.3. The first-order valence-electron chi connectivity index (χ1n) is 9.47. The van der Waals surface area contributed by atoms with Gasteiger partial charge in [0, 0.05) is 30.7 Å². The summed E-state index contributed by atoms with van der Waals surface area (Å²) in [4.78, 5) is 12.7. The Hall–Kier alpha value is -1.44. The zero-order chi connectivity index (χ0) is 18.9. The van der Waals surface area contributed by atoms with Crippen LogP contribution < -0.4 is 11.1 Å². The molecule has 6 nitrogen and oxygen atoms in total. The number of nitrogens with zero attached hydrogens (tertiary/aromatic N) is 1. The predicted molar refractivity (Wildman–Crippen MR) is 101 cm³/mol. The molecule has 144 valence electrons. The lowest BCUT2D eigenvalue weighted by Crippen LogP contribution is -2.42. The van der Waals surface area contributed by atoms with Crippen LogP contribution in [0, 0.1) is 12.8 Å². The number of amides is 1. The topological polar surface area (TPSA) is 92.5 Å². The van der Waals surface area contributed by atoms with Crippen molar-refractivity contribution in [1.29, 1.82) is 0 Å². The number of nitrogens with two attached hydrogens (primary N) is 1. The minimum absolute atomic E-state index is 0.0103. The highest BCUT2D eigenvalue weighted by Gasteiger charge is 2.32. The number of carbonyl (C=O) groups is 1. The molecule has 3 N–H and O–H groups in total. The van der Waals surface area contributed by atoms with Gasteiger partial charge in [-0.3, -0.25) is 4.79 Å². The molecule has 2 unspecified atom stereocenters. The molecular formula is C19H29N3O3S. The molecule has 2 fully saturated rings. The summed E-state index contributed by atoms with van der Waals surface area (Å²) >= 11 is 0. The summed E-state index contributed by atoms with van der Waals surface area (Å²) in [5.74, 6) is 0.242. The Kier molecular flexibility index (Phi) is 5.69. The van der Waals surface area contributed by atoms with E-state index in [0.717, 1.165) is 37.7 Å². The summed E-state index contributed by atoms with van der Waals surface area (Å²) < 4.78 is 27.6. The number of nitrogens with one attached hydrogen (secondary N) is 1. The van der Waals surface area contributed by atoms with Crippen molar-refractivity contribution in [1.82, 2.24) is 9.62 Å². The number of hydrogen-bond donors (Lipinski definition) is 2. The summed E-state index contributed by atoms with van der Waals surface area (Å²) in [5.41, 5.74) is 7.20. The average Bonchev–Trinajstić information content (AvgIpc) is 3.45. The monoisotopic (exact) mass is 379 g/mol. The molecular weight excluding hydrogens is 350 g/mol. The van der Waals surface area contributed by atoms with Gasteiger partial charge in [-0.25, -0.2) is 8.42 Å². The van der Waals surface area contributed by atoms with Gasteiger partial charge in [0.1, 0.15) is 0 Å². The molecule has 2 aliphatic rings. The third-order valence-electron chi connectivity index (χ3n) is 5.53. The number of piperidine rings is 1. The fraction of sp³-hybridized carbons (Fsp3) is 0.632. The number of aryl methyl sites for hydroxylation is 1. The van der Waals surface area contributed by atoms with E-state index in [1.807, 2.05) is 13.8 Å². The molecule has 1 aromatic carbocycles. The molecule has 0 radical (unpaired) electrons. The van der Waals surface area contributed by atoms with Crippen molar-refractivity contribution in [2.75, 3.05) is 13.1 Å². The molecule has 1 aliphatic heterocycles. The van der Waals surface area contributed by atoms with Crippen LogP contribution >= 0.6 is 0 Å². The summed E-state index contributed by atoms with van der Waals surface area (Å²) in [6, 6.07) is 4.77. The number of rotatable bonds is 6. The minimum atomic E-state index is -3.59. The van der Waals surface area contributed by atoms with E-state index >= 15 is 0 Å². The number of hydrogen-bond acceptors (Lipinski definition) is 4. The van der Waals surface area contributed by atoms with Crippen molar-refractivity contribution in [3.63, 3.8) is 0 Å². The number of sulfonamides is 1. The van der Waals surface area contributed by atoms with Gasteiger partial charge < -0.3 is 11.1 Å². The van der Waals surface area contributed by atoms with Crippen LogP contribution in [0.1, 0.15) is 54.9 Å². The normalized spacial score (nSPS) is 22.8. The van der Waals surface area contributed by atoms with Gasteiger partial charge in [0.2, 0.25) is 10.0 Å². The molecule has 1 amide bonds. The summed E-state index contributed by atoms with van der Waals surface area (Å²) in [5, 5.41) is 2.86. The highest BCUT2D eigenvalue weighted by Crippen LogP contribution is 2.31. The molecule has 1 saturated carbocycles. The van der Waals surface area contributed by atoms with Gasteiger partial charge in [0.15, 0.2) is 0 Å². The van der Waals surface area contributed by atoms with Crippen LogP contribution in [-0.2, 0) is 10.0 Å². The lowest BCUT2D eigenvalue weighted by molar-refractivity contribution is 0.0949. The summed E-state index contributed by atoms with van der Waals surface area (Å²) in [7, 11) is -3.59. The molecule has 2 atom stereocenters. The van der Waals surface area contributed by atoms with Crippen LogP contribution in [0.25, 0.3) is 0 Å². The Morgan fingerprint density at radius 2 is 2.04 bits per heavy atom. The predicted octanol–water partition coefficient (Wildman–Crippen LogP) is 2.03. The Morgan fingerprint density at radius 3 is 2.69 bits per heavy atom. The number of carbonyl (C=O) groups excluding carboxylic acids is 1. The van der Waals surface area contributed by atoms with Crippen molar-refractivity contribution < 1.29 is 13.2 Å². The maximum absolute atomic E-state index is 13.0. The zero-order valence-electron chi connectivity index (χ0n) is 15.6. The summed E-state index contributed by atoms with van der Waals surface area (Å²) in [6.07, 6.45) is 5.05. The van der Waals surface area contributed by atoms with Gasteiger partial charge in [-0.15, -0.1) is 0 Å². The average molecular weight is 380 g/mol. The fourth-order valence-corrected chi connectivity index (χ4v) is 5.29. The quantitative estimate of drug-likeness (QED) is 0.791. The SMILES string of the molecule is Cc1ccc(S(=O)(=O)N2CCCCC2C)cc1C(=O)NCC(N)C1CC1. The molecule has 26 heavy (non-hydrogen) atoms. The van der Waals surface area contributed by atoms with E-state index in [1.165, 1.54) is 6.07 Å². The fourth-order valence-electron chi connectivity index (χ4n) is 3.57. The van der Waals surface area contributed by atoms with Gasteiger partial charge in [-0.2, -0.15) is 4.31 Å². The Morgan fingerprint density at radius 1 is 1.31 bits per heavy atom. The first kappa shape index (κ1) is 19.3. The Bertz CT molecular complexity index is 774. The van der Waals surface area contributed by atoms with Crippen molar-refractivity contribution in [3.05, 3.63) is 29.3 Å². The largest absolute Gasteiger partial charge is 0.350 e. The second-order valence-corrected chi connectivity index (χ2v) is 9.54. The molecule has 0 spiro atoms. The maximum Gasteiger partial charge on any atom is 0.251 e. The standard InChI is InChI=1S/C19H29N3O3S/c1-13-6-9-16(26(24,25)22-10-4-3-5-14(22)2)11-17(13)19(23)21-12-18(20)15-7-8-15/h6,9,11,14-15,18H,3-5,7-8,10,12,20H2,1-2H3,(H,21,23). The van der Waals surface area contributed by atoms with Crippen LogP contribution in [0.15, 0.2) is 23.1 Å². The lowest BCUT2D eigenvalue weighted by atomic mass is 10.1. The van der Waals surface area contributed by atoms with Gasteiger partial charge in [0.25, 0.3) is 5.91 Å². The van der Waals surface area contributed by atoms with Crippen LogP contribution in [-0.4, -0.2) is 43.8 Å². The highest BCUT2D eigenvalue weighted by atomic mass is 32.2. The van der Waals surface area contributed by atoms with E-state index in [0.29, 0.717) is 24.6 Å². The molecule has 3 rings (SSSR count). The van der Waals surface area contributed by atoms with E-state index in [4.69, 9.17) is 5.73 Å². The van der Waals surface area contributed by atoms with E-state index < -0.39 is 10.0 Å². The molecule has 7 heteroatoms. The molecule has 0 aromatic heterocycles. The second kappa shape index (κ2) is 7.66. The van der Waals surface area contributed by atoms with Crippen molar-refractivity contribution in [3.8, 4) is 0 Å². The van der Waals surface area contributed by atoms with Gasteiger partial charge in [-0.05, 0) is 63.1 Å². The van der Waals surface area contributed by atoms with E-state index in [-0.39, 0.29) is 22.9 Å².